The third kappa shape index (κ3) is 3.75. The standard InChI is InChI=1S/C12H14Cl2N2O.ClH/c13-10-2-1-3-11(14)9(10)4-5-16-12(17)8-6-15-7-8;/h1-3,8,15H,4-7H2,(H,16,17);1H. The molecule has 2 N–H and O–H groups in total. The maximum Gasteiger partial charge on any atom is 0.225 e. The smallest absolute Gasteiger partial charge is 0.225 e. The minimum Gasteiger partial charge on any atom is -0.355 e. The highest BCUT2D eigenvalue weighted by atomic mass is 35.5. The molecule has 0 spiro atoms. The van der Waals surface area contributed by atoms with E-state index < -0.39 is 0 Å². The van der Waals surface area contributed by atoms with Gasteiger partial charge in [0, 0.05) is 29.7 Å². The van der Waals surface area contributed by atoms with Gasteiger partial charge >= 0.3 is 0 Å². The Hall–Kier alpha value is -0.480. The van der Waals surface area contributed by atoms with Gasteiger partial charge in [0.2, 0.25) is 5.91 Å². The number of amides is 1. The zero-order chi connectivity index (χ0) is 12.3. The first-order valence-corrected chi connectivity index (χ1v) is 6.35. The summed E-state index contributed by atoms with van der Waals surface area (Å²) in [7, 11) is 0. The van der Waals surface area contributed by atoms with Crippen molar-refractivity contribution in [1.82, 2.24) is 10.6 Å². The quantitative estimate of drug-likeness (QED) is 0.896. The average molecular weight is 310 g/mol. The van der Waals surface area contributed by atoms with Crippen LogP contribution in [0, 0.1) is 5.92 Å². The molecule has 100 valence electrons. The second-order valence-corrected chi connectivity index (χ2v) is 4.91. The lowest BCUT2D eigenvalue weighted by Gasteiger charge is -2.25. The first-order valence-electron chi connectivity index (χ1n) is 5.60. The molecule has 1 fully saturated rings. The van der Waals surface area contributed by atoms with Gasteiger partial charge in [0.25, 0.3) is 0 Å². The molecule has 1 aliphatic heterocycles. The van der Waals surface area contributed by atoms with Crippen molar-refractivity contribution in [2.45, 2.75) is 6.42 Å². The van der Waals surface area contributed by atoms with Crippen LogP contribution in [0.5, 0.6) is 0 Å². The molecule has 1 aromatic rings. The lowest BCUT2D eigenvalue weighted by molar-refractivity contribution is -0.126. The number of carbonyl (C=O) groups is 1. The monoisotopic (exact) mass is 308 g/mol. The molecule has 1 aliphatic rings. The van der Waals surface area contributed by atoms with E-state index in [9.17, 15) is 4.79 Å². The summed E-state index contributed by atoms with van der Waals surface area (Å²) >= 11 is 12.1. The average Bonchev–Trinajstić information content (AvgIpc) is 2.20. The van der Waals surface area contributed by atoms with Gasteiger partial charge in [-0.3, -0.25) is 4.79 Å². The molecule has 0 aliphatic carbocycles. The lowest BCUT2D eigenvalue weighted by Crippen LogP contribution is -2.51. The van der Waals surface area contributed by atoms with E-state index in [1.165, 1.54) is 0 Å². The van der Waals surface area contributed by atoms with Crippen molar-refractivity contribution in [3.63, 3.8) is 0 Å². The Balaban J connectivity index is 0.00000162. The Kier molecular flexibility index (Phi) is 6.22. The molecule has 0 aromatic heterocycles. The Morgan fingerprint density at radius 1 is 1.33 bits per heavy atom. The van der Waals surface area contributed by atoms with Crippen molar-refractivity contribution in [3.05, 3.63) is 33.8 Å². The van der Waals surface area contributed by atoms with Crippen molar-refractivity contribution < 1.29 is 4.79 Å². The van der Waals surface area contributed by atoms with Crippen molar-refractivity contribution in [2.75, 3.05) is 19.6 Å². The molecule has 6 heteroatoms. The zero-order valence-electron chi connectivity index (χ0n) is 9.71. The van der Waals surface area contributed by atoms with E-state index in [4.69, 9.17) is 23.2 Å². The Morgan fingerprint density at radius 2 is 1.94 bits per heavy atom. The molecule has 1 saturated heterocycles. The maximum atomic E-state index is 11.6. The number of rotatable bonds is 4. The topological polar surface area (TPSA) is 41.1 Å². The van der Waals surface area contributed by atoms with Gasteiger partial charge in [-0.15, -0.1) is 12.4 Å². The third-order valence-corrected chi connectivity index (χ3v) is 3.60. The van der Waals surface area contributed by atoms with Crippen LogP contribution in [0.4, 0.5) is 0 Å². The minimum absolute atomic E-state index is 0. The van der Waals surface area contributed by atoms with Crippen molar-refractivity contribution in [1.29, 1.82) is 0 Å². The molecular formula is C12H15Cl3N2O. The molecule has 1 amide bonds. The van der Waals surface area contributed by atoms with E-state index >= 15 is 0 Å². The number of hydrogen-bond acceptors (Lipinski definition) is 2. The van der Waals surface area contributed by atoms with Gasteiger partial charge in [0.1, 0.15) is 0 Å². The fraction of sp³-hybridized carbons (Fsp3) is 0.417. The Morgan fingerprint density at radius 3 is 2.44 bits per heavy atom. The number of carbonyl (C=O) groups excluding carboxylic acids is 1. The predicted octanol–water partition coefficient (Wildman–Crippen LogP) is 2.29. The first-order chi connectivity index (χ1) is 8.18. The summed E-state index contributed by atoms with van der Waals surface area (Å²) in [5.74, 6) is 0.226. The van der Waals surface area contributed by atoms with Crippen LogP contribution in [0.15, 0.2) is 18.2 Å². The summed E-state index contributed by atoms with van der Waals surface area (Å²) in [4.78, 5) is 11.6. The van der Waals surface area contributed by atoms with E-state index in [2.05, 4.69) is 10.6 Å². The highest BCUT2D eigenvalue weighted by molar-refractivity contribution is 6.35. The summed E-state index contributed by atoms with van der Waals surface area (Å²) in [5, 5.41) is 7.26. The largest absolute Gasteiger partial charge is 0.355 e. The minimum atomic E-state index is 0. The van der Waals surface area contributed by atoms with Crippen LogP contribution < -0.4 is 10.6 Å². The van der Waals surface area contributed by atoms with E-state index in [1.807, 2.05) is 6.07 Å². The van der Waals surface area contributed by atoms with Crippen LogP contribution in [0.3, 0.4) is 0 Å². The summed E-state index contributed by atoms with van der Waals surface area (Å²) in [5.41, 5.74) is 0.892. The molecule has 1 heterocycles. The van der Waals surface area contributed by atoms with Crippen LogP contribution >= 0.6 is 35.6 Å². The molecule has 1 aromatic carbocycles. The molecule has 3 nitrogen and oxygen atoms in total. The molecule has 0 bridgehead atoms. The van der Waals surface area contributed by atoms with Crippen LogP contribution in [-0.4, -0.2) is 25.5 Å². The van der Waals surface area contributed by atoms with E-state index in [-0.39, 0.29) is 24.2 Å². The zero-order valence-corrected chi connectivity index (χ0v) is 12.0. The Labute approximate surface area is 123 Å². The molecule has 0 atom stereocenters. The molecule has 0 unspecified atom stereocenters. The highest BCUT2D eigenvalue weighted by Crippen LogP contribution is 2.24. The van der Waals surface area contributed by atoms with E-state index in [1.54, 1.807) is 12.1 Å². The van der Waals surface area contributed by atoms with Crippen LogP contribution in [-0.2, 0) is 11.2 Å². The normalized spacial score (nSPS) is 14.6. The second-order valence-electron chi connectivity index (χ2n) is 4.10. The SMILES string of the molecule is Cl.O=C(NCCc1c(Cl)cccc1Cl)C1CNC1. The summed E-state index contributed by atoms with van der Waals surface area (Å²) in [6.07, 6.45) is 0.657. The third-order valence-electron chi connectivity index (χ3n) is 2.89. The van der Waals surface area contributed by atoms with Gasteiger partial charge in [-0.2, -0.15) is 0 Å². The molecular weight excluding hydrogens is 295 g/mol. The first kappa shape index (κ1) is 15.6. The number of benzene rings is 1. The van der Waals surface area contributed by atoms with Crippen molar-refractivity contribution in [3.8, 4) is 0 Å². The Bertz CT molecular complexity index is 402. The van der Waals surface area contributed by atoms with Crippen molar-refractivity contribution >= 4 is 41.5 Å². The van der Waals surface area contributed by atoms with E-state index in [0.29, 0.717) is 23.0 Å². The second kappa shape index (κ2) is 7.19. The molecule has 0 radical (unpaired) electrons. The van der Waals surface area contributed by atoms with Gasteiger partial charge in [-0.05, 0) is 24.1 Å². The molecule has 0 saturated carbocycles. The van der Waals surface area contributed by atoms with Crippen molar-refractivity contribution in [2.24, 2.45) is 5.92 Å². The predicted molar refractivity (Wildman–Crippen MR) is 76.8 cm³/mol. The van der Waals surface area contributed by atoms with Gasteiger partial charge in [-0.25, -0.2) is 0 Å². The fourth-order valence-corrected chi connectivity index (χ4v) is 2.29. The number of nitrogens with one attached hydrogen (secondary N) is 2. The summed E-state index contributed by atoms with van der Waals surface area (Å²) in [6, 6.07) is 5.42. The van der Waals surface area contributed by atoms with Crippen LogP contribution in [0.1, 0.15) is 5.56 Å². The lowest BCUT2D eigenvalue weighted by atomic mass is 10.0. The molecule has 18 heavy (non-hydrogen) atoms. The van der Waals surface area contributed by atoms with E-state index in [0.717, 1.165) is 18.7 Å². The van der Waals surface area contributed by atoms with Gasteiger partial charge in [-0.1, -0.05) is 29.3 Å². The summed E-state index contributed by atoms with van der Waals surface area (Å²) < 4.78 is 0. The van der Waals surface area contributed by atoms with Crippen LogP contribution in [0.25, 0.3) is 0 Å². The van der Waals surface area contributed by atoms with Gasteiger partial charge in [0.05, 0.1) is 5.92 Å². The molecule has 2 rings (SSSR count). The van der Waals surface area contributed by atoms with Crippen LogP contribution in [0.2, 0.25) is 10.0 Å². The number of halogens is 3. The maximum absolute atomic E-state index is 11.6. The number of hydrogen-bond donors (Lipinski definition) is 2. The van der Waals surface area contributed by atoms with Gasteiger partial charge < -0.3 is 10.6 Å². The highest BCUT2D eigenvalue weighted by Gasteiger charge is 2.24. The van der Waals surface area contributed by atoms with Gasteiger partial charge in [0.15, 0.2) is 0 Å². The summed E-state index contributed by atoms with van der Waals surface area (Å²) in [6.45, 7) is 2.12. The fourth-order valence-electron chi connectivity index (χ4n) is 1.70.